The first-order valence-corrected chi connectivity index (χ1v) is 5.02. The Kier molecular flexibility index (Phi) is 4.02. The highest BCUT2D eigenvalue weighted by Gasteiger charge is 2.59. The van der Waals surface area contributed by atoms with E-state index in [0.717, 1.165) is 6.92 Å². The normalized spacial score (nSPS) is 14.7. The minimum Gasteiger partial charge on any atom is -0.247 e. The monoisotopic (exact) mass is 260 g/mol. The Morgan fingerprint density at radius 1 is 1.07 bits per heavy atom. The summed E-state index contributed by atoms with van der Waals surface area (Å²) in [5.41, 5.74) is 0. The molecule has 0 spiro atoms. The minimum atomic E-state index is -5.82. The third kappa shape index (κ3) is 4.69. The number of alkyl halides is 6. The van der Waals surface area contributed by atoms with E-state index in [-0.39, 0.29) is 0 Å². The molecule has 0 bridgehead atoms. The Balaban J connectivity index is 5.02. The summed E-state index contributed by atoms with van der Waals surface area (Å²) in [6.07, 6.45) is -15.9. The lowest BCUT2D eigenvalue weighted by molar-refractivity contribution is -0.299. The van der Waals surface area contributed by atoms with Gasteiger partial charge in [-0.1, -0.05) is 0 Å². The van der Waals surface area contributed by atoms with E-state index in [4.69, 9.17) is 0 Å². The first kappa shape index (κ1) is 14.5. The summed E-state index contributed by atoms with van der Waals surface area (Å²) in [6, 6.07) is 0. The van der Waals surface area contributed by atoms with Crippen LogP contribution in [0.4, 0.5) is 26.3 Å². The molecule has 0 atom stereocenters. The van der Waals surface area contributed by atoms with Crippen molar-refractivity contribution in [1.29, 1.82) is 0 Å². The van der Waals surface area contributed by atoms with Crippen LogP contribution in [0.2, 0.25) is 0 Å². The Labute approximate surface area is 81.1 Å². The molecular formula is C5H6F6O3S. The summed E-state index contributed by atoms with van der Waals surface area (Å²) in [7, 11) is -4.82. The summed E-state index contributed by atoms with van der Waals surface area (Å²) in [5.74, 6) is -0.977. The van der Waals surface area contributed by atoms with Gasteiger partial charge in [-0.05, 0) is 6.92 Å². The largest absolute Gasteiger partial charge is 0.425 e. The van der Waals surface area contributed by atoms with Gasteiger partial charge in [0.2, 0.25) is 0 Å². The molecule has 10 heteroatoms. The summed E-state index contributed by atoms with van der Waals surface area (Å²) < 4.78 is 94.6. The quantitative estimate of drug-likeness (QED) is 0.574. The second-order valence-corrected chi connectivity index (χ2v) is 4.29. The number of halogens is 6. The maximum Gasteiger partial charge on any atom is 0.425 e. The molecule has 0 radical (unpaired) electrons. The van der Waals surface area contributed by atoms with Crippen LogP contribution in [0.25, 0.3) is 0 Å². The van der Waals surface area contributed by atoms with Gasteiger partial charge in [-0.2, -0.15) is 34.8 Å². The fourth-order valence-electron chi connectivity index (χ4n) is 0.509. The van der Waals surface area contributed by atoms with Gasteiger partial charge in [-0.15, -0.1) is 0 Å². The minimum absolute atomic E-state index is 0.860. The predicted octanol–water partition coefficient (Wildman–Crippen LogP) is 1.85. The van der Waals surface area contributed by atoms with Crippen LogP contribution in [0.15, 0.2) is 0 Å². The van der Waals surface area contributed by atoms with Gasteiger partial charge in [0.05, 0.1) is 5.75 Å². The van der Waals surface area contributed by atoms with E-state index in [1.165, 1.54) is 0 Å². The molecule has 0 aromatic carbocycles. The zero-order chi connectivity index (χ0) is 12.5. The van der Waals surface area contributed by atoms with Crippen molar-refractivity contribution in [3.8, 4) is 0 Å². The zero-order valence-electron chi connectivity index (χ0n) is 7.19. The van der Waals surface area contributed by atoms with E-state index < -0.39 is 34.3 Å². The average molecular weight is 260 g/mol. The van der Waals surface area contributed by atoms with Gasteiger partial charge < -0.3 is 0 Å². The summed E-state index contributed by atoms with van der Waals surface area (Å²) >= 11 is 0. The molecule has 0 saturated carbocycles. The van der Waals surface area contributed by atoms with Crippen LogP contribution in [0, 0.1) is 0 Å². The molecule has 0 aliphatic heterocycles. The lowest BCUT2D eigenvalue weighted by Crippen LogP contribution is -2.45. The molecule has 15 heavy (non-hydrogen) atoms. The smallest absolute Gasteiger partial charge is 0.247 e. The highest BCUT2D eigenvalue weighted by Crippen LogP contribution is 2.36. The van der Waals surface area contributed by atoms with Gasteiger partial charge in [0.25, 0.3) is 16.2 Å². The Morgan fingerprint density at radius 3 is 1.60 bits per heavy atom. The van der Waals surface area contributed by atoms with Crippen LogP contribution in [-0.2, 0) is 14.3 Å². The summed E-state index contributed by atoms with van der Waals surface area (Å²) in [6.45, 7) is 0.860. The zero-order valence-corrected chi connectivity index (χ0v) is 8.00. The topological polar surface area (TPSA) is 43.4 Å². The first-order valence-electron chi connectivity index (χ1n) is 3.44. The van der Waals surface area contributed by atoms with Gasteiger partial charge in [0.1, 0.15) is 0 Å². The van der Waals surface area contributed by atoms with Gasteiger partial charge >= 0.3 is 12.4 Å². The fraction of sp³-hybridized carbons (Fsp3) is 1.00. The molecule has 0 amide bonds. The van der Waals surface area contributed by atoms with E-state index in [9.17, 15) is 34.8 Å². The third-order valence-corrected chi connectivity index (χ3v) is 2.38. The second kappa shape index (κ2) is 4.16. The average Bonchev–Trinajstić information content (AvgIpc) is 1.96. The molecule has 3 nitrogen and oxygen atoms in total. The maximum atomic E-state index is 11.8. The highest BCUT2D eigenvalue weighted by molar-refractivity contribution is 7.86. The molecule has 0 unspecified atom stereocenters. The third-order valence-electron chi connectivity index (χ3n) is 1.19. The molecule has 0 aromatic heterocycles. The molecule has 0 rings (SSSR count). The second-order valence-electron chi connectivity index (χ2n) is 2.41. The van der Waals surface area contributed by atoms with Crippen LogP contribution in [0.5, 0.6) is 0 Å². The Hall–Kier alpha value is -0.510. The van der Waals surface area contributed by atoms with Crippen LogP contribution in [-0.4, -0.2) is 32.6 Å². The molecular weight excluding hydrogens is 254 g/mol. The molecule has 0 saturated heterocycles. The maximum absolute atomic E-state index is 11.8. The van der Waals surface area contributed by atoms with Crippen molar-refractivity contribution in [2.45, 2.75) is 25.4 Å². The molecule has 0 aromatic rings. The van der Waals surface area contributed by atoms with Crippen LogP contribution >= 0.6 is 0 Å². The lowest BCUT2D eigenvalue weighted by Gasteiger charge is -2.22. The molecule has 0 heterocycles. The van der Waals surface area contributed by atoms with E-state index in [2.05, 4.69) is 4.18 Å². The van der Waals surface area contributed by atoms with Crippen molar-refractivity contribution in [1.82, 2.24) is 0 Å². The SMILES string of the molecule is CCS(=O)(=O)OC(C(F)(F)F)C(F)(F)F. The van der Waals surface area contributed by atoms with Crippen molar-refractivity contribution < 1.29 is 38.9 Å². The van der Waals surface area contributed by atoms with Gasteiger partial charge in [0, 0.05) is 0 Å². The predicted molar refractivity (Wildman–Crippen MR) is 36.4 cm³/mol. The van der Waals surface area contributed by atoms with Gasteiger partial charge in [-0.3, -0.25) is 0 Å². The molecule has 0 aliphatic rings. The Bertz CT molecular complexity index is 288. The van der Waals surface area contributed by atoms with Crippen LogP contribution < -0.4 is 0 Å². The van der Waals surface area contributed by atoms with Gasteiger partial charge in [0.15, 0.2) is 0 Å². The lowest BCUT2D eigenvalue weighted by atomic mass is 10.3. The highest BCUT2D eigenvalue weighted by atomic mass is 32.2. The van der Waals surface area contributed by atoms with Gasteiger partial charge in [-0.25, -0.2) is 4.18 Å². The van der Waals surface area contributed by atoms with E-state index in [1.807, 2.05) is 0 Å². The van der Waals surface area contributed by atoms with E-state index in [0.29, 0.717) is 0 Å². The first-order chi connectivity index (χ1) is 6.40. The standard InChI is InChI=1S/C5H6F6O3S/c1-2-15(12,13)14-3(4(6,7)8)5(9,10)11/h3H,2H2,1H3. The summed E-state index contributed by atoms with van der Waals surface area (Å²) in [4.78, 5) is 0. The summed E-state index contributed by atoms with van der Waals surface area (Å²) in [5, 5.41) is 0. The fourth-order valence-corrected chi connectivity index (χ4v) is 1.16. The van der Waals surface area contributed by atoms with Crippen molar-refractivity contribution in [3.05, 3.63) is 0 Å². The van der Waals surface area contributed by atoms with E-state index >= 15 is 0 Å². The van der Waals surface area contributed by atoms with Crippen molar-refractivity contribution in [2.75, 3.05) is 5.75 Å². The van der Waals surface area contributed by atoms with E-state index in [1.54, 1.807) is 0 Å². The van der Waals surface area contributed by atoms with Crippen molar-refractivity contribution in [2.24, 2.45) is 0 Å². The Morgan fingerprint density at radius 2 is 1.40 bits per heavy atom. The van der Waals surface area contributed by atoms with Crippen molar-refractivity contribution >= 4 is 10.1 Å². The molecule has 0 fully saturated rings. The molecule has 92 valence electrons. The number of rotatable bonds is 3. The number of hydrogen-bond acceptors (Lipinski definition) is 3. The molecule has 0 N–H and O–H groups in total. The van der Waals surface area contributed by atoms with Crippen LogP contribution in [0.1, 0.15) is 6.92 Å². The molecule has 0 aliphatic carbocycles. The van der Waals surface area contributed by atoms with Crippen molar-refractivity contribution in [3.63, 3.8) is 0 Å². The number of hydrogen-bond donors (Lipinski definition) is 0. The van der Waals surface area contributed by atoms with Crippen LogP contribution in [0.3, 0.4) is 0 Å².